The molecule has 0 aromatic heterocycles. The summed E-state index contributed by atoms with van der Waals surface area (Å²) < 4.78 is 5.40. The van der Waals surface area contributed by atoms with Crippen molar-refractivity contribution < 1.29 is 4.74 Å². The summed E-state index contributed by atoms with van der Waals surface area (Å²) in [4.78, 5) is 0. The van der Waals surface area contributed by atoms with Crippen LogP contribution in [0.1, 0.15) is 30.4 Å². The van der Waals surface area contributed by atoms with Crippen molar-refractivity contribution >= 4 is 0 Å². The van der Waals surface area contributed by atoms with E-state index in [0.29, 0.717) is 5.92 Å². The molecule has 2 N–H and O–H groups in total. The van der Waals surface area contributed by atoms with Gasteiger partial charge in [0.1, 0.15) is 5.75 Å². The number of nitrogens with two attached hydrogens (primary N) is 1. The SMILES string of the molecule is COc1c(C)cccc1C(C)CCN. The van der Waals surface area contributed by atoms with Crippen molar-refractivity contribution in [1.29, 1.82) is 0 Å². The first kappa shape index (κ1) is 11.1. The Labute approximate surface area is 86.1 Å². The van der Waals surface area contributed by atoms with Crippen LogP contribution in [-0.2, 0) is 0 Å². The summed E-state index contributed by atoms with van der Waals surface area (Å²) in [5, 5.41) is 0. The topological polar surface area (TPSA) is 35.2 Å². The highest BCUT2D eigenvalue weighted by Gasteiger charge is 2.11. The number of hydrogen-bond donors (Lipinski definition) is 1. The molecule has 78 valence electrons. The van der Waals surface area contributed by atoms with Gasteiger partial charge in [-0.3, -0.25) is 0 Å². The van der Waals surface area contributed by atoms with Crippen molar-refractivity contribution in [2.75, 3.05) is 13.7 Å². The molecule has 0 heterocycles. The van der Waals surface area contributed by atoms with Crippen LogP contribution >= 0.6 is 0 Å². The van der Waals surface area contributed by atoms with E-state index in [9.17, 15) is 0 Å². The molecular weight excluding hydrogens is 174 g/mol. The Morgan fingerprint density at radius 1 is 1.43 bits per heavy atom. The molecule has 0 bridgehead atoms. The highest BCUT2D eigenvalue weighted by molar-refractivity contribution is 5.42. The Kier molecular flexibility index (Phi) is 3.96. The molecule has 14 heavy (non-hydrogen) atoms. The quantitative estimate of drug-likeness (QED) is 0.797. The molecule has 0 saturated carbocycles. The van der Waals surface area contributed by atoms with E-state index in [1.165, 1.54) is 11.1 Å². The fraction of sp³-hybridized carbons (Fsp3) is 0.500. The van der Waals surface area contributed by atoms with Crippen LogP contribution < -0.4 is 10.5 Å². The largest absolute Gasteiger partial charge is 0.496 e. The highest BCUT2D eigenvalue weighted by Crippen LogP contribution is 2.30. The van der Waals surface area contributed by atoms with Crippen molar-refractivity contribution in [3.8, 4) is 5.75 Å². The number of aryl methyl sites for hydroxylation is 1. The molecule has 0 aliphatic rings. The number of rotatable bonds is 4. The van der Waals surface area contributed by atoms with Crippen molar-refractivity contribution in [2.24, 2.45) is 5.73 Å². The zero-order valence-electron chi connectivity index (χ0n) is 9.21. The van der Waals surface area contributed by atoms with Gasteiger partial charge in [-0.05, 0) is 36.9 Å². The van der Waals surface area contributed by atoms with Crippen molar-refractivity contribution in [3.05, 3.63) is 29.3 Å². The first-order valence-corrected chi connectivity index (χ1v) is 5.04. The Bertz CT molecular complexity index is 296. The summed E-state index contributed by atoms with van der Waals surface area (Å²) in [5.74, 6) is 1.48. The summed E-state index contributed by atoms with van der Waals surface area (Å²) in [7, 11) is 1.72. The third-order valence-electron chi connectivity index (χ3n) is 2.58. The summed E-state index contributed by atoms with van der Waals surface area (Å²) in [6, 6.07) is 6.25. The Hall–Kier alpha value is -1.02. The third kappa shape index (κ3) is 2.26. The highest BCUT2D eigenvalue weighted by atomic mass is 16.5. The van der Waals surface area contributed by atoms with Crippen molar-refractivity contribution in [2.45, 2.75) is 26.2 Å². The Morgan fingerprint density at radius 2 is 2.14 bits per heavy atom. The second-order valence-corrected chi connectivity index (χ2v) is 3.68. The molecule has 1 unspecified atom stereocenters. The molecule has 0 amide bonds. The average Bonchev–Trinajstić information content (AvgIpc) is 2.17. The average molecular weight is 193 g/mol. The van der Waals surface area contributed by atoms with Crippen LogP contribution in [0, 0.1) is 6.92 Å². The second kappa shape index (κ2) is 5.01. The lowest BCUT2D eigenvalue weighted by molar-refractivity contribution is 0.402. The van der Waals surface area contributed by atoms with E-state index < -0.39 is 0 Å². The lowest BCUT2D eigenvalue weighted by Gasteiger charge is -2.16. The molecule has 0 aliphatic heterocycles. The summed E-state index contributed by atoms with van der Waals surface area (Å²) in [6.45, 7) is 4.97. The van der Waals surface area contributed by atoms with Crippen LogP contribution in [0.15, 0.2) is 18.2 Å². The van der Waals surface area contributed by atoms with Crippen LogP contribution in [-0.4, -0.2) is 13.7 Å². The first-order valence-electron chi connectivity index (χ1n) is 5.04. The van der Waals surface area contributed by atoms with Gasteiger partial charge in [0.25, 0.3) is 0 Å². The van der Waals surface area contributed by atoms with Gasteiger partial charge in [-0.15, -0.1) is 0 Å². The molecular formula is C12H19NO. The van der Waals surface area contributed by atoms with Gasteiger partial charge in [0.05, 0.1) is 7.11 Å². The van der Waals surface area contributed by atoms with Crippen molar-refractivity contribution in [1.82, 2.24) is 0 Å². The number of ether oxygens (including phenoxy) is 1. The molecule has 1 aromatic carbocycles. The first-order chi connectivity index (χ1) is 6.70. The normalized spacial score (nSPS) is 12.6. The zero-order valence-corrected chi connectivity index (χ0v) is 9.21. The van der Waals surface area contributed by atoms with E-state index in [0.717, 1.165) is 18.7 Å². The Morgan fingerprint density at radius 3 is 2.71 bits per heavy atom. The van der Waals surface area contributed by atoms with Crippen LogP contribution in [0.3, 0.4) is 0 Å². The number of benzene rings is 1. The maximum Gasteiger partial charge on any atom is 0.125 e. The molecule has 1 rings (SSSR count). The van der Waals surface area contributed by atoms with E-state index >= 15 is 0 Å². The fourth-order valence-electron chi connectivity index (χ4n) is 1.75. The van der Waals surface area contributed by atoms with Gasteiger partial charge in [0, 0.05) is 0 Å². The molecule has 0 aliphatic carbocycles. The molecule has 2 heteroatoms. The summed E-state index contributed by atoms with van der Waals surface area (Å²) in [6.07, 6.45) is 1.000. The lowest BCUT2D eigenvalue weighted by Crippen LogP contribution is -2.06. The molecule has 2 nitrogen and oxygen atoms in total. The van der Waals surface area contributed by atoms with Gasteiger partial charge in [-0.1, -0.05) is 25.1 Å². The molecule has 1 atom stereocenters. The Balaban J connectivity index is 3.00. The van der Waals surface area contributed by atoms with E-state index in [-0.39, 0.29) is 0 Å². The van der Waals surface area contributed by atoms with Crippen LogP contribution in [0.2, 0.25) is 0 Å². The maximum absolute atomic E-state index is 5.56. The number of hydrogen-bond acceptors (Lipinski definition) is 2. The van der Waals surface area contributed by atoms with Gasteiger partial charge in [-0.2, -0.15) is 0 Å². The predicted octanol–water partition coefficient (Wildman–Crippen LogP) is 2.46. The minimum absolute atomic E-state index is 0.467. The molecule has 1 aromatic rings. The summed E-state index contributed by atoms with van der Waals surface area (Å²) in [5.41, 5.74) is 8.01. The standard InChI is InChI=1S/C12H19NO/c1-9(7-8-13)11-6-4-5-10(2)12(11)14-3/h4-6,9H,7-8,13H2,1-3H3. The minimum atomic E-state index is 0.467. The maximum atomic E-state index is 5.56. The fourth-order valence-corrected chi connectivity index (χ4v) is 1.75. The van der Waals surface area contributed by atoms with E-state index in [1.54, 1.807) is 7.11 Å². The van der Waals surface area contributed by atoms with E-state index in [2.05, 4.69) is 32.0 Å². The van der Waals surface area contributed by atoms with Gasteiger partial charge < -0.3 is 10.5 Å². The lowest BCUT2D eigenvalue weighted by atomic mass is 9.95. The van der Waals surface area contributed by atoms with Crippen LogP contribution in [0.4, 0.5) is 0 Å². The minimum Gasteiger partial charge on any atom is -0.496 e. The zero-order chi connectivity index (χ0) is 10.6. The molecule has 0 fully saturated rings. The van der Waals surface area contributed by atoms with Crippen molar-refractivity contribution in [3.63, 3.8) is 0 Å². The number of methoxy groups -OCH3 is 1. The summed E-state index contributed by atoms with van der Waals surface area (Å²) >= 11 is 0. The van der Waals surface area contributed by atoms with Gasteiger partial charge in [0.2, 0.25) is 0 Å². The number of para-hydroxylation sites is 1. The monoisotopic (exact) mass is 193 g/mol. The van der Waals surface area contributed by atoms with Gasteiger partial charge >= 0.3 is 0 Å². The predicted molar refractivity (Wildman–Crippen MR) is 59.8 cm³/mol. The van der Waals surface area contributed by atoms with Crippen LogP contribution in [0.25, 0.3) is 0 Å². The van der Waals surface area contributed by atoms with E-state index in [1.807, 2.05) is 0 Å². The molecule has 0 saturated heterocycles. The van der Waals surface area contributed by atoms with E-state index in [4.69, 9.17) is 10.5 Å². The van der Waals surface area contributed by atoms with Gasteiger partial charge in [-0.25, -0.2) is 0 Å². The molecule has 0 radical (unpaired) electrons. The molecule has 0 spiro atoms. The smallest absolute Gasteiger partial charge is 0.125 e. The third-order valence-corrected chi connectivity index (χ3v) is 2.58. The second-order valence-electron chi connectivity index (χ2n) is 3.68. The van der Waals surface area contributed by atoms with Gasteiger partial charge in [0.15, 0.2) is 0 Å². The van der Waals surface area contributed by atoms with Crippen LogP contribution in [0.5, 0.6) is 5.75 Å².